The maximum absolute atomic E-state index is 12.1. The molecule has 0 fully saturated rings. The minimum Gasteiger partial charge on any atom is -0.479 e. The van der Waals surface area contributed by atoms with Gasteiger partial charge in [0, 0.05) is 6.92 Å². The van der Waals surface area contributed by atoms with E-state index in [2.05, 4.69) is 0 Å². The highest BCUT2D eigenvalue weighted by Gasteiger charge is 2.58. The van der Waals surface area contributed by atoms with Gasteiger partial charge in [-0.25, -0.2) is 4.79 Å². The third kappa shape index (κ3) is 2.33. The van der Waals surface area contributed by atoms with Gasteiger partial charge >= 0.3 is 12.1 Å². The second kappa shape index (κ2) is 3.23. The maximum Gasteiger partial charge on any atom is 0.422 e. The zero-order chi connectivity index (χ0) is 10.9. The quantitative estimate of drug-likeness (QED) is 0.681. The fraction of sp³-hybridized carbons (Fsp3) is 0.667. The van der Waals surface area contributed by atoms with Crippen LogP contribution in [0.2, 0.25) is 0 Å². The summed E-state index contributed by atoms with van der Waals surface area (Å²) in [5, 5.41) is 9.61. The van der Waals surface area contributed by atoms with Crippen molar-refractivity contribution in [2.75, 3.05) is 0 Å². The number of carbonyl (C=O) groups excluding carboxylic acids is 1. The van der Waals surface area contributed by atoms with Crippen molar-refractivity contribution >= 4 is 11.9 Å². The average molecular weight is 199 g/mol. The molecule has 0 unspecified atom stereocenters. The molecule has 2 N–H and O–H groups in total. The molecule has 0 saturated heterocycles. The minimum atomic E-state index is -5.02. The van der Waals surface area contributed by atoms with E-state index >= 15 is 0 Å². The standard InChI is InChI=1S/C6H8F3NO3/c1-3(11)10-5(2,4(12)13)6(7,8)9/h1-2H3,(H,10,11)(H,12,13)/t5-/m0/s1. The van der Waals surface area contributed by atoms with Gasteiger partial charge in [0.05, 0.1) is 0 Å². The Bertz CT molecular complexity index is 238. The number of halogens is 3. The summed E-state index contributed by atoms with van der Waals surface area (Å²) in [5.74, 6) is -3.20. The Labute approximate surface area is 71.7 Å². The Morgan fingerprint density at radius 3 is 1.77 bits per heavy atom. The molecule has 0 aliphatic carbocycles. The zero-order valence-corrected chi connectivity index (χ0v) is 6.90. The number of alkyl halides is 3. The summed E-state index contributed by atoms with van der Waals surface area (Å²) in [5.41, 5.74) is -3.22. The SMILES string of the molecule is CC(=O)N[C@@](C)(C(=O)O)C(F)(F)F. The molecule has 0 rings (SSSR count). The van der Waals surface area contributed by atoms with Crippen LogP contribution in [-0.2, 0) is 9.59 Å². The first kappa shape index (κ1) is 11.7. The number of hydrogen-bond acceptors (Lipinski definition) is 2. The molecule has 0 radical (unpaired) electrons. The van der Waals surface area contributed by atoms with Crippen LogP contribution < -0.4 is 5.32 Å². The molecular weight excluding hydrogens is 191 g/mol. The molecule has 1 amide bonds. The van der Waals surface area contributed by atoms with Crippen molar-refractivity contribution in [3.63, 3.8) is 0 Å². The summed E-state index contributed by atoms with van der Waals surface area (Å²) in [6.07, 6.45) is -5.02. The summed E-state index contributed by atoms with van der Waals surface area (Å²) in [6.45, 7) is 1.20. The molecule has 0 aliphatic rings. The number of aliphatic carboxylic acids is 1. The van der Waals surface area contributed by atoms with E-state index in [-0.39, 0.29) is 0 Å². The monoisotopic (exact) mass is 199 g/mol. The summed E-state index contributed by atoms with van der Waals surface area (Å²) < 4.78 is 36.4. The van der Waals surface area contributed by atoms with Crippen molar-refractivity contribution in [2.24, 2.45) is 0 Å². The molecular formula is C6H8F3NO3. The topological polar surface area (TPSA) is 66.4 Å². The minimum absolute atomic E-state index is 0.386. The Kier molecular flexibility index (Phi) is 2.92. The Balaban J connectivity index is 4.96. The molecule has 7 heteroatoms. The fourth-order valence-electron chi connectivity index (χ4n) is 0.598. The van der Waals surface area contributed by atoms with Crippen molar-refractivity contribution in [3.05, 3.63) is 0 Å². The Morgan fingerprint density at radius 1 is 1.31 bits per heavy atom. The number of carboxylic acids is 1. The first-order valence-corrected chi connectivity index (χ1v) is 3.20. The molecule has 0 heterocycles. The molecule has 0 aromatic rings. The predicted molar refractivity (Wildman–Crippen MR) is 35.9 cm³/mol. The van der Waals surface area contributed by atoms with Crippen molar-refractivity contribution in [1.82, 2.24) is 5.32 Å². The molecule has 13 heavy (non-hydrogen) atoms. The number of hydrogen-bond donors (Lipinski definition) is 2. The zero-order valence-electron chi connectivity index (χ0n) is 6.90. The van der Waals surface area contributed by atoms with Gasteiger partial charge in [-0.2, -0.15) is 13.2 Å². The van der Waals surface area contributed by atoms with E-state index in [1.807, 2.05) is 0 Å². The van der Waals surface area contributed by atoms with Gasteiger partial charge in [-0.05, 0) is 6.92 Å². The molecule has 4 nitrogen and oxygen atoms in total. The van der Waals surface area contributed by atoms with E-state index in [1.165, 1.54) is 5.32 Å². The highest BCUT2D eigenvalue weighted by atomic mass is 19.4. The van der Waals surface area contributed by atoms with E-state index < -0.39 is 23.6 Å². The number of amides is 1. The van der Waals surface area contributed by atoms with Gasteiger partial charge in [-0.1, -0.05) is 0 Å². The summed E-state index contributed by atoms with van der Waals surface area (Å²) in [6, 6.07) is 0. The van der Waals surface area contributed by atoms with Gasteiger partial charge in [-0.15, -0.1) is 0 Å². The van der Waals surface area contributed by atoms with E-state index in [0.29, 0.717) is 6.92 Å². The van der Waals surface area contributed by atoms with Gasteiger partial charge < -0.3 is 10.4 Å². The Morgan fingerprint density at radius 2 is 1.69 bits per heavy atom. The first-order chi connectivity index (χ1) is 5.61. The van der Waals surface area contributed by atoms with E-state index in [4.69, 9.17) is 5.11 Å². The number of rotatable bonds is 2. The maximum atomic E-state index is 12.1. The highest BCUT2D eigenvalue weighted by Crippen LogP contribution is 2.30. The average Bonchev–Trinajstić information content (AvgIpc) is 1.82. The van der Waals surface area contributed by atoms with Crippen LogP contribution in [0, 0.1) is 0 Å². The highest BCUT2D eigenvalue weighted by molar-refractivity contribution is 5.86. The van der Waals surface area contributed by atoms with Crippen molar-refractivity contribution in [3.8, 4) is 0 Å². The number of carboxylic acid groups (broad SMARTS) is 1. The van der Waals surface area contributed by atoms with Crippen LogP contribution in [-0.4, -0.2) is 28.7 Å². The van der Waals surface area contributed by atoms with Crippen LogP contribution in [0.15, 0.2) is 0 Å². The molecule has 0 bridgehead atoms. The molecule has 76 valence electrons. The smallest absolute Gasteiger partial charge is 0.422 e. The van der Waals surface area contributed by atoms with E-state index in [0.717, 1.165) is 6.92 Å². The fourth-order valence-corrected chi connectivity index (χ4v) is 0.598. The van der Waals surface area contributed by atoms with Crippen LogP contribution in [0.5, 0.6) is 0 Å². The lowest BCUT2D eigenvalue weighted by molar-refractivity contribution is -0.206. The van der Waals surface area contributed by atoms with Gasteiger partial charge in [0.1, 0.15) is 0 Å². The number of carbonyl (C=O) groups is 2. The molecule has 1 atom stereocenters. The lowest BCUT2D eigenvalue weighted by atomic mass is 10.0. The summed E-state index contributed by atoms with van der Waals surface area (Å²) in [4.78, 5) is 20.6. The van der Waals surface area contributed by atoms with Gasteiger partial charge in [0.15, 0.2) is 0 Å². The van der Waals surface area contributed by atoms with Crippen LogP contribution in [0.4, 0.5) is 13.2 Å². The van der Waals surface area contributed by atoms with Crippen LogP contribution >= 0.6 is 0 Å². The third-order valence-corrected chi connectivity index (χ3v) is 1.42. The van der Waals surface area contributed by atoms with Crippen molar-refractivity contribution in [1.29, 1.82) is 0 Å². The van der Waals surface area contributed by atoms with Crippen molar-refractivity contribution in [2.45, 2.75) is 25.6 Å². The van der Waals surface area contributed by atoms with Crippen molar-refractivity contribution < 1.29 is 27.9 Å². The van der Waals surface area contributed by atoms with Gasteiger partial charge in [0.25, 0.3) is 0 Å². The largest absolute Gasteiger partial charge is 0.479 e. The normalized spacial score (nSPS) is 16.1. The first-order valence-electron chi connectivity index (χ1n) is 3.20. The Hall–Kier alpha value is -1.27. The van der Waals surface area contributed by atoms with Gasteiger partial charge in [-0.3, -0.25) is 4.79 Å². The number of nitrogens with one attached hydrogen (secondary N) is 1. The van der Waals surface area contributed by atoms with Gasteiger partial charge in [0.2, 0.25) is 11.4 Å². The van der Waals surface area contributed by atoms with Crippen LogP contribution in [0.3, 0.4) is 0 Å². The predicted octanol–water partition coefficient (Wildman–Crippen LogP) is 0.528. The summed E-state index contributed by atoms with van der Waals surface area (Å²) >= 11 is 0. The molecule has 0 saturated carbocycles. The van der Waals surface area contributed by atoms with Crippen LogP contribution in [0.1, 0.15) is 13.8 Å². The van der Waals surface area contributed by atoms with E-state index in [1.54, 1.807) is 0 Å². The summed E-state index contributed by atoms with van der Waals surface area (Å²) in [7, 11) is 0. The van der Waals surface area contributed by atoms with Crippen LogP contribution in [0.25, 0.3) is 0 Å². The molecule has 0 aromatic carbocycles. The second-order valence-electron chi connectivity index (χ2n) is 2.61. The van der Waals surface area contributed by atoms with E-state index in [9.17, 15) is 22.8 Å². The molecule has 0 aliphatic heterocycles. The molecule has 0 spiro atoms. The lowest BCUT2D eigenvalue weighted by Gasteiger charge is -2.27. The third-order valence-electron chi connectivity index (χ3n) is 1.42. The second-order valence-corrected chi connectivity index (χ2v) is 2.61. The lowest BCUT2D eigenvalue weighted by Crippen LogP contribution is -2.61. The molecule has 0 aromatic heterocycles.